The molecule has 4 heterocycles. The molecule has 466 valence electrons. The molecule has 8 heteroatoms. The predicted octanol–water partition coefficient (Wildman–Crippen LogP) is 23.2. The lowest BCUT2D eigenvalue weighted by atomic mass is 9.70. The predicted molar refractivity (Wildman–Crippen MR) is 403 cm³/mol. The molecule has 4 aliphatic rings. The van der Waals surface area contributed by atoms with Crippen molar-refractivity contribution in [2.75, 3.05) is 9.80 Å². The Labute approximate surface area is 557 Å². The maximum atomic E-state index is 7.70. The molecule has 0 N–H and O–H groups in total. The molecule has 0 radical (unpaired) electrons. The molecule has 0 fully saturated rings. The first-order chi connectivity index (χ1) is 45.6. The lowest BCUT2D eigenvalue weighted by Gasteiger charge is -2.35. The molecule has 6 nitrogen and oxygen atoms in total. The zero-order valence-electron chi connectivity index (χ0n) is 56.2. The van der Waals surface area contributed by atoms with Crippen molar-refractivity contribution >= 4 is 126 Å². The summed E-state index contributed by atoms with van der Waals surface area (Å²) in [5.74, 6) is 1.06. The molecule has 14 aromatic rings. The number of ether oxygens (including phenoxy) is 1. The Balaban J connectivity index is 0.965. The fraction of sp³-hybridized carbons (Fsp3) is 0.195. The summed E-state index contributed by atoms with van der Waals surface area (Å²) in [6, 6.07) is 79.6. The molecule has 1 atom stereocenters. The van der Waals surface area contributed by atoms with Gasteiger partial charge in [-0.25, -0.2) is 0 Å². The average Bonchev–Trinajstić information content (AvgIpc) is 1.49. The van der Waals surface area contributed by atoms with Gasteiger partial charge >= 0.3 is 0 Å². The van der Waals surface area contributed by atoms with Crippen LogP contribution in [0.15, 0.2) is 243 Å². The number of furan rings is 3. The summed E-state index contributed by atoms with van der Waals surface area (Å²) in [6.45, 7) is 28.2. The summed E-state index contributed by atoms with van der Waals surface area (Å²) in [5.41, 5.74) is 24.5. The quantitative estimate of drug-likeness (QED) is 0.141. The lowest BCUT2D eigenvalue weighted by molar-refractivity contribution is 0.276. The second-order valence-corrected chi connectivity index (χ2v) is 41.2. The zero-order chi connectivity index (χ0) is 65.0. The normalized spacial score (nSPS) is 15.5. The highest BCUT2D eigenvalue weighted by Crippen LogP contribution is 2.68. The van der Waals surface area contributed by atoms with Gasteiger partial charge in [-0.15, -0.1) is 0 Å². The minimum atomic E-state index is -1.80. The van der Waals surface area contributed by atoms with E-state index in [0.717, 1.165) is 128 Å². The van der Waals surface area contributed by atoms with Crippen molar-refractivity contribution in [1.82, 2.24) is 0 Å². The summed E-state index contributed by atoms with van der Waals surface area (Å²) < 4.78 is 29.8. The van der Waals surface area contributed by atoms with Crippen molar-refractivity contribution < 1.29 is 18.0 Å². The van der Waals surface area contributed by atoms with Crippen LogP contribution in [0.25, 0.3) is 93.6 Å². The van der Waals surface area contributed by atoms with Crippen LogP contribution in [0.2, 0.25) is 39.3 Å². The lowest BCUT2D eigenvalue weighted by Crippen LogP contribution is -2.38. The fourth-order valence-electron chi connectivity index (χ4n) is 16.6. The number of allylic oxidation sites excluding steroid dienone is 2. The van der Waals surface area contributed by atoms with Crippen LogP contribution in [-0.2, 0) is 16.2 Å². The molecule has 0 saturated heterocycles. The van der Waals surface area contributed by atoms with Crippen molar-refractivity contribution in [2.45, 2.75) is 110 Å². The SMILES string of the molecule is CC(C)(C)c1ccc(N(C2=CC=C3c4cccc([Si](C)(C)C)c4OC3C2)c2cc3c(c4oc5ccccc5c24)-c2c(cc(N(c4ccc(C(C)(C)C)cc4)c4ccc5c(c4)oc4c([Si](C)(C)C)cccc45)c4c2oc2ccccc24)C32c3ccccc3-c3ccccc32)cc1. The number of hydrogen-bond donors (Lipinski definition) is 0. The van der Waals surface area contributed by atoms with Crippen LogP contribution in [0.1, 0.15) is 86.9 Å². The second-order valence-electron chi connectivity index (χ2n) is 31.1. The van der Waals surface area contributed by atoms with E-state index in [1.807, 2.05) is 0 Å². The van der Waals surface area contributed by atoms with Gasteiger partial charge in [-0.2, -0.15) is 0 Å². The largest absolute Gasteiger partial charge is 0.485 e. The van der Waals surface area contributed by atoms with Crippen LogP contribution in [0.4, 0.5) is 28.4 Å². The molecule has 95 heavy (non-hydrogen) atoms. The molecule has 18 rings (SSSR count). The van der Waals surface area contributed by atoms with Crippen molar-refractivity contribution in [3.63, 3.8) is 0 Å². The molecule has 3 aliphatic carbocycles. The maximum absolute atomic E-state index is 7.70. The first-order valence-electron chi connectivity index (χ1n) is 33.8. The smallest absolute Gasteiger partial charge is 0.145 e. The molecule has 1 aliphatic heterocycles. The molecule has 3 aromatic heterocycles. The first kappa shape index (κ1) is 57.8. The third-order valence-electron chi connectivity index (χ3n) is 21.2. The Hall–Kier alpha value is -9.87. The van der Waals surface area contributed by atoms with E-state index in [1.54, 1.807) is 0 Å². The van der Waals surface area contributed by atoms with Gasteiger partial charge in [0.05, 0.1) is 43.7 Å². The number of fused-ring (bicyclic) bond motifs is 24. The minimum Gasteiger partial charge on any atom is -0.485 e. The number of para-hydroxylation sites is 4. The van der Waals surface area contributed by atoms with Crippen LogP contribution in [0.3, 0.4) is 0 Å². The van der Waals surface area contributed by atoms with Gasteiger partial charge in [0.1, 0.15) is 45.4 Å². The van der Waals surface area contributed by atoms with Gasteiger partial charge in [-0.3, -0.25) is 0 Å². The molecular weight excluding hydrogens is 1190 g/mol. The van der Waals surface area contributed by atoms with Gasteiger partial charge in [0.2, 0.25) is 0 Å². The number of nitrogens with zero attached hydrogens (tertiary/aromatic N) is 2. The highest BCUT2D eigenvalue weighted by molar-refractivity contribution is 6.90. The molecular formula is C87H76N2O4Si2. The van der Waals surface area contributed by atoms with Gasteiger partial charge in [0.15, 0.2) is 0 Å². The second kappa shape index (κ2) is 20.1. The van der Waals surface area contributed by atoms with Gasteiger partial charge in [-0.1, -0.05) is 232 Å². The summed E-state index contributed by atoms with van der Waals surface area (Å²) in [6.07, 6.45) is 5.21. The van der Waals surface area contributed by atoms with Crippen molar-refractivity contribution in [2.24, 2.45) is 0 Å². The minimum absolute atomic E-state index is 0.0600. The topological polar surface area (TPSA) is 55.1 Å². The van der Waals surface area contributed by atoms with Gasteiger partial charge in [0.25, 0.3) is 0 Å². The average molecular weight is 1270 g/mol. The van der Waals surface area contributed by atoms with Gasteiger partial charge in [0, 0.05) is 79.1 Å². The van der Waals surface area contributed by atoms with E-state index in [-0.39, 0.29) is 16.9 Å². The maximum Gasteiger partial charge on any atom is 0.145 e. The fourth-order valence-corrected chi connectivity index (χ4v) is 19.5. The van der Waals surface area contributed by atoms with Gasteiger partial charge in [-0.05, 0) is 132 Å². The molecule has 1 unspecified atom stereocenters. The highest BCUT2D eigenvalue weighted by atomic mass is 28.3. The van der Waals surface area contributed by atoms with Crippen LogP contribution in [-0.4, -0.2) is 22.3 Å². The zero-order valence-corrected chi connectivity index (χ0v) is 58.2. The summed E-state index contributed by atoms with van der Waals surface area (Å²) in [5, 5.41) is 9.08. The molecule has 1 spiro atoms. The van der Waals surface area contributed by atoms with E-state index in [1.165, 1.54) is 54.9 Å². The van der Waals surface area contributed by atoms with E-state index >= 15 is 0 Å². The highest BCUT2D eigenvalue weighted by Gasteiger charge is 2.55. The third kappa shape index (κ3) is 8.39. The Bertz CT molecular complexity index is 5620. The third-order valence-corrected chi connectivity index (χ3v) is 25.2. The standard InChI is InChI=1S/C87H76N2O4Si2/c1-85(2,3)51-35-39-53(40-36-51)88(55-43-45-59-61-27-21-33-75(94(7,8)9)81(61)92-73(59)47-55)69-49-67-79(83-77(69)63-25-15-19-31-71(63)90-83)80-68(87(67)65-29-17-13-23-57(65)58-24-14-18-30-66(58)87)50-70(78-64-26-16-20-32-72(64)91-84(78)80)89(54-41-37-52(38-42-54)86(4,5)6)56-44-46-60-62-28-22-34-76(95(10,11)12)82(62)93-74(60)48-56/h13-47,49-50,74H,48H2,1-12H3. The van der Waals surface area contributed by atoms with Crippen LogP contribution in [0, 0.1) is 0 Å². The molecule has 0 bridgehead atoms. The van der Waals surface area contributed by atoms with Crippen LogP contribution in [0.5, 0.6) is 5.75 Å². The number of rotatable bonds is 8. The van der Waals surface area contributed by atoms with Crippen molar-refractivity contribution in [1.29, 1.82) is 0 Å². The van der Waals surface area contributed by atoms with Crippen LogP contribution < -0.4 is 24.9 Å². The van der Waals surface area contributed by atoms with E-state index in [4.69, 9.17) is 18.0 Å². The molecule has 0 amide bonds. The monoisotopic (exact) mass is 1270 g/mol. The number of hydrogen-bond acceptors (Lipinski definition) is 6. The van der Waals surface area contributed by atoms with E-state index in [2.05, 4.69) is 315 Å². The van der Waals surface area contributed by atoms with E-state index < -0.39 is 21.6 Å². The Morgan fingerprint density at radius 1 is 0.400 bits per heavy atom. The van der Waals surface area contributed by atoms with E-state index in [9.17, 15) is 0 Å². The summed E-state index contributed by atoms with van der Waals surface area (Å²) in [4.78, 5) is 5.02. The van der Waals surface area contributed by atoms with Crippen LogP contribution >= 0.6 is 0 Å². The van der Waals surface area contributed by atoms with Crippen molar-refractivity contribution in [3.8, 4) is 28.0 Å². The van der Waals surface area contributed by atoms with Crippen molar-refractivity contribution in [3.05, 3.63) is 269 Å². The number of anilines is 5. The van der Waals surface area contributed by atoms with Gasteiger partial charge < -0.3 is 27.8 Å². The Morgan fingerprint density at radius 2 is 0.874 bits per heavy atom. The molecule has 11 aromatic carbocycles. The number of benzene rings is 11. The molecule has 0 saturated carbocycles. The van der Waals surface area contributed by atoms with E-state index in [0.29, 0.717) is 6.42 Å². The first-order valence-corrected chi connectivity index (χ1v) is 40.8. The Kier molecular flexibility index (Phi) is 12.2. The Morgan fingerprint density at radius 3 is 1.44 bits per heavy atom. The summed E-state index contributed by atoms with van der Waals surface area (Å²) in [7, 11) is -3.58. The summed E-state index contributed by atoms with van der Waals surface area (Å²) >= 11 is 0.